The van der Waals surface area contributed by atoms with Crippen LogP contribution in [-0.4, -0.2) is 53.6 Å². The highest BCUT2D eigenvalue weighted by atomic mass is 16.2. The lowest BCUT2D eigenvalue weighted by molar-refractivity contribution is -0.125. The molecule has 0 spiro atoms. The van der Waals surface area contributed by atoms with Crippen LogP contribution in [0.15, 0.2) is 17.3 Å². The average Bonchev–Trinajstić information content (AvgIpc) is 2.54. The molecule has 0 aromatic carbocycles. The van der Waals surface area contributed by atoms with Gasteiger partial charge in [0.15, 0.2) is 0 Å². The Bertz CT molecular complexity index is 679. The van der Waals surface area contributed by atoms with Crippen LogP contribution in [0.2, 0.25) is 0 Å². The molecule has 0 radical (unpaired) electrons. The number of hydrogen-bond acceptors (Lipinski definition) is 5. The van der Waals surface area contributed by atoms with Gasteiger partial charge in [-0.1, -0.05) is 0 Å². The number of aromatic nitrogens is 1. The minimum Gasteiger partial charge on any atom is -0.368 e. The van der Waals surface area contributed by atoms with Crippen molar-refractivity contribution in [2.45, 2.75) is 24.8 Å². The number of pyridine rings is 1. The molecule has 1 unspecified atom stereocenters. The fourth-order valence-electron chi connectivity index (χ4n) is 3.51. The van der Waals surface area contributed by atoms with Gasteiger partial charge in [-0.3, -0.25) is 19.6 Å². The monoisotopic (exact) mass is 315 g/mol. The van der Waals surface area contributed by atoms with Gasteiger partial charge in [0, 0.05) is 18.8 Å². The highest BCUT2D eigenvalue weighted by molar-refractivity contribution is 5.95. The van der Waals surface area contributed by atoms with Gasteiger partial charge in [-0.15, -0.1) is 0 Å². The van der Waals surface area contributed by atoms with Crippen LogP contribution in [0, 0.1) is 5.92 Å². The summed E-state index contributed by atoms with van der Waals surface area (Å²) >= 11 is 0. The maximum atomic E-state index is 12.3. The molecule has 0 saturated carbocycles. The molecule has 7 nitrogen and oxygen atoms in total. The van der Waals surface area contributed by atoms with Gasteiger partial charge >= 0.3 is 0 Å². The smallest absolute Gasteiger partial charge is 0.250 e. The molecular formula is C16H21N5O2. The Morgan fingerprint density at radius 2 is 2.00 bits per heavy atom. The molecular weight excluding hydrogens is 294 g/mol. The number of amides is 2. The molecule has 4 N–H and O–H groups in total. The van der Waals surface area contributed by atoms with E-state index in [0.29, 0.717) is 17.7 Å². The number of primary amides is 2. The van der Waals surface area contributed by atoms with Crippen molar-refractivity contribution in [2.24, 2.45) is 22.4 Å². The fraction of sp³-hybridized carbons (Fsp3) is 0.500. The third-order valence-electron chi connectivity index (χ3n) is 4.98. The number of nitrogens with two attached hydrogens (primary N) is 2. The Morgan fingerprint density at radius 1 is 1.30 bits per heavy atom. The molecule has 0 bridgehead atoms. The normalized spacial score (nSPS) is 25.1. The summed E-state index contributed by atoms with van der Waals surface area (Å²) in [4.78, 5) is 34.6. The molecule has 1 atom stereocenters. The first-order valence-electron chi connectivity index (χ1n) is 7.75. The first-order valence-corrected chi connectivity index (χ1v) is 7.75. The van der Waals surface area contributed by atoms with Crippen molar-refractivity contribution < 1.29 is 9.59 Å². The quantitative estimate of drug-likeness (QED) is 0.798. The lowest BCUT2D eigenvalue weighted by Crippen LogP contribution is -2.54. The fourth-order valence-corrected chi connectivity index (χ4v) is 3.51. The third-order valence-corrected chi connectivity index (χ3v) is 4.98. The Balaban J connectivity index is 1.96. The van der Waals surface area contributed by atoms with Crippen molar-refractivity contribution in [3.8, 4) is 0 Å². The average molecular weight is 315 g/mol. The lowest BCUT2D eigenvalue weighted by Gasteiger charge is -2.41. The van der Waals surface area contributed by atoms with Crippen molar-refractivity contribution in [1.82, 2.24) is 9.88 Å². The van der Waals surface area contributed by atoms with Gasteiger partial charge in [0.05, 0.1) is 11.3 Å². The zero-order valence-electron chi connectivity index (χ0n) is 13.2. The molecule has 1 fully saturated rings. The van der Waals surface area contributed by atoms with E-state index in [1.807, 2.05) is 0 Å². The molecule has 7 heteroatoms. The summed E-state index contributed by atoms with van der Waals surface area (Å²) in [5, 5.41) is 0. The van der Waals surface area contributed by atoms with Gasteiger partial charge in [-0.25, -0.2) is 0 Å². The molecule has 2 aliphatic rings. The van der Waals surface area contributed by atoms with Gasteiger partial charge in [0.2, 0.25) is 11.8 Å². The van der Waals surface area contributed by atoms with Crippen molar-refractivity contribution in [2.75, 3.05) is 20.1 Å². The first kappa shape index (κ1) is 15.6. The number of carbonyl (C=O) groups is 2. The summed E-state index contributed by atoms with van der Waals surface area (Å²) in [5.41, 5.74) is 11.9. The predicted molar refractivity (Wildman–Crippen MR) is 86.2 cm³/mol. The molecule has 1 aromatic rings. The van der Waals surface area contributed by atoms with E-state index >= 15 is 0 Å². The Kier molecular flexibility index (Phi) is 3.89. The van der Waals surface area contributed by atoms with E-state index in [1.54, 1.807) is 12.3 Å². The second-order valence-corrected chi connectivity index (χ2v) is 6.43. The van der Waals surface area contributed by atoms with Gasteiger partial charge in [-0.2, -0.15) is 0 Å². The largest absolute Gasteiger partial charge is 0.368 e. The molecule has 2 aliphatic heterocycles. The Labute approximate surface area is 134 Å². The van der Waals surface area contributed by atoms with Gasteiger partial charge in [-0.05, 0) is 50.5 Å². The number of carbonyl (C=O) groups excluding carboxylic acids is 2. The minimum absolute atomic E-state index is 0.0952. The Hall–Kier alpha value is -2.28. The summed E-state index contributed by atoms with van der Waals surface area (Å²) in [5.74, 6) is -0.858. The van der Waals surface area contributed by atoms with Crippen LogP contribution in [0.25, 0.3) is 0 Å². The maximum Gasteiger partial charge on any atom is 0.250 e. The molecule has 1 saturated heterocycles. The van der Waals surface area contributed by atoms with E-state index < -0.39 is 17.4 Å². The standard InChI is InChI=1S/C16H21N5O2/c1-21-4-2-12(3-5-21)16(15(18)23)7-10-6-11(14(17)22)8-19-13(10)9-20-16/h6,8-9,12H,2-5,7H2,1H3,(H2,17,22)(H2,18,23). The van der Waals surface area contributed by atoms with Crippen LogP contribution in [-0.2, 0) is 11.2 Å². The van der Waals surface area contributed by atoms with E-state index in [-0.39, 0.29) is 5.92 Å². The first-order chi connectivity index (χ1) is 10.9. The van der Waals surface area contributed by atoms with Crippen molar-refractivity contribution >= 4 is 18.0 Å². The van der Waals surface area contributed by atoms with Crippen LogP contribution in [0.1, 0.15) is 34.5 Å². The van der Waals surface area contributed by atoms with E-state index in [0.717, 1.165) is 31.5 Å². The van der Waals surface area contributed by atoms with Crippen LogP contribution in [0.5, 0.6) is 0 Å². The molecule has 3 heterocycles. The van der Waals surface area contributed by atoms with Crippen LogP contribution in [0.4, 0.5) is 0 Å². The number of piperidine rings is 1. The number of aliphatic imine (C=N–C) groups is 1. The summed E-state index contributed by atoms with van der Waals surface area (Å²) < 4.78 is 0. The van der Waals surface area contributed by atoms with Gasteiger partial charge < -0.3 is 16.4 Å². The third kappa shape index (κ3) is 2.72. The molecule has 23 heavy (non-hydrogen) atoms. The molecule has 0 aliphatic carbocycles. The minimum atomic E-state index is -0.952. The van der Waals surface area contributed by atoms with Crippen LogP contribution < -0.4 is 11.5 Å². The number of rotatable bonds is 3. The number of likely N-dealkylation sites (tertiary alicyclic amines) is 1. The van der Waals surface area contributed by atoms with Gasteiger partial charge in [0.25, 0.3) is 0 Å². The zero-order valence-corrected chi connectivity index (χ0v) is 13.2. The summed E-state index contributed by atoms with van der Waals surface area (Å²) in [6.07, 6.45) is 5.15. The van der Waals surface area contributed by atoms with Crippen LogP contribution >= 0.6 is 0 Å². The summed E-state index contributed by atoms with van der Waals surface area (Å²) in [7, 11) is 2.07. The molecule has 1 aromatic heterocycles. The van der Waals surface area contributed by atoms with Crippen molar-refractivity contribution in [3.63, 3.8) is 0 Å². The van der Waals surface area contributed by atoms with E-state index in [4.69, 9.17) is 11.5 Å². The van der Waals surface area contributed by atoms with Crippen LogP contribution in [0.3, 0.4) is 0 Å². The number of nitrogens with zero attached hydrogens (tertiary/aromatic N) is 3. The topological polar surface area (TPSA) is 115 Å². The van der Waals surface area contributed by atoms with Crippen molar-refractivity contribution in [3.05, 3.63) is 29.1 Å². The SMILES string of the molecule is CN1CCC(C2(C(N)=O)Cc3cc(C(N)=O)cnc3C=N2)CC1. The van der Waals surface area contributed by atoms with E-state index in [1.165, 1.54) is 6.20 Å². The second-order valence-electron chi connectivity index (χ2n) is 6.43. The summed E-state index contributed by atoms with van der Waals surface area (Å²) in [6, 6.07) is 1.70. The van der Waals surface area contributed by atoms with Crippen molar-refractivity contribution in [1.29, 1.82) is 0 Å². The summed E-state index contributed by atoms with van der Waals surface area (Å²) in [6.45, 7) is 1.84. The number of fused-ring (bicyclic) bond motifs is 1. The highest BCUT2D eigenvalue weighted by Crippen LogP contribution is 2.36. The lowest BCUT2D eigenvalue weighted by atomic mass is 9.72. The number of hydrogen-bond donors (Lipinski definition) is 2. The predicted octanol–water partition coefficient (Wildman–Crippen LogP) is -0.279. The molecule has 3 rings (SSSR count). The zero-order chi connectivity index (χ0) is 16.6. The molecule has 122 valence electrons. The van der Waals surface area contributed by atoms with E-state index in [2.05, 4.69) is 21.9 Å². The maximum absolute atomic E-state index is 12.3. The highest BCUT2D eigenvalue weighted by Gasteiger charge is 2.46. The Morgan fingerprint density at radius 3 is 2.61 bits per heavy atom. The second kappa shape index (κ2) is 5.73. The van der Waals surface area contributed by atoms with Gasteiger partial charge in [0.1, 0.15) is 5.54 Å². The molecule has 2 amide bonds. The van der Waals surface area contributed by atoms with E-state index in [9.17, 15) is 9.59 Å².